The Bertz CT molecular complexity index is 794. The van der Waals surface area contributed by atoms with E-state index >= 15 is 0 Å². The maximum absolute atomic E-state index is 12.6. The number of benzene rings is 1. The zero-order chi connectivity index (χ0) is 19.9. The van der Waals surface area contributed by atoms with Crippen molar-refractivity contribution >= 4 is 17.4 Å². The van der Waals surface area contributed by atoms with Crippen LogP contribution in [0.15, 0.2) is 30.5 Å². The number of nitrogens with zero attached hydrogens (tertiary/aromatic N) is 1. The minimum Gasteiger partial charge on any atom is -0.493 e. The first-order chi connectivity index (χ1) is 13.6. The number of methoxy groups -OCH3 is 3. The summed E-state index contributed by atoms with van der Waals surface area (Å²) < 4.78 is 16.1. The summed E-state index contributed by atoms with van der Waals surface area (Å²) in [5.41, 5.74) is 1.29. The molecule has 1 heterocycles. The summed E-state index contributed by atoms with van der Waals surface area (Å²) in [6, 6.07) is 7.30. The molecule has 3 rings (SSSR count). The van der Waals surface area contributed by atoms with Crippen molar-refractivity contribution in [1.29, 1.82) is 0 Å². The van der Waals surface area contributed by atoms with Gasteiger partial charge in [-0.25, -0.2) is 4.98 Å². The molecule has 0 bridgehead atoms. The van der Waals surface area contributed by atoms with Gasteiger partial charge in [0, 0.05) is 35.6 Å². The fourth-order valence-corrected chi connectivity index (χ4v) is 3.46. The fraction of sp³-hybridized carbons (Fsp3) is 0.429. The van der Waals surface area contributed by atoms with E-state index in [0.29, 0.717) is 34.3 Å². The maximum atomic E-state index is 12.6. The van der Waals surface area contributed by atoms with Crippen molar-refractivity contribution in [2.24, 2.45) is 0 Å². The molecule has 0 radical (unpaired) electrons. The molecular weight excluding hydrogens is 358 g/mol. The lowest BCUT2D eigenvalue weighted by Gasteiger charge is -2.22. The number of nitrogens with one attached hydrogen (secondary N) is 2. The third-order valence-corrected chi connectivity index (χ3v) is 4.90. The van der Waals surface area contributed by atoms with Gasteiger partial charge in [-0.15, -0.1) is 0 Å². The van der Waals surface area contributed by atoms with Crippen LogP contribution in [0.5, 0.6) is 17.2 Å². The number of anilines is 2. The Morgan fingerprint density at radius 3 is 2.29 bits per heavy atom. The lowest BCUT2D eigenvalue weighted by Crippen LogP contribution is -2.36. The van der Waals surface area contributed by atoms with Crippen molar-refractivity contribution in [2.45, 2.75) is 38.1 Å². The third-order valence-electron chi connectivity index (χ3n) is 4.90. The zero-order valence-electron chi connectivity index (χ0n) is 16.6. The van der Waals surface area contributed by atoms with Crippen LogP contribution in [0.25, 0.3) is 0 Å². The number of ether oxygens (including phenoxy) is 3. The Kier molecular flexibility index (Phi) is 6.57. The molecule has 1 saturated carbocycles. The number of aromatic nitrogens is 1. The minimum atomic E-state index is -0.0674. The van der Waals surface area contributed by atoms with Crippen molar-refractivity contribution in [3.8, 4) is 17.2 Å². The van der Waals surface area contributed by atoms with Crippen LogP contribution in [0.3, 0.4) is 0 Å². The molecule has 2 N–H and O–H groups in total. The molecule has 1 aliphatic carbocycles. The van der Waals surface area contributed by atoms with Crippen molar-refractivity contribution in [3.05, 3.63) is 36.0 Å². The van der Waals surface area contributed by atoms with Gasteiger partial charge in [-0.2, -0.15) is 0 Å². The smallest absolute Gasteiger partial charge is 0.251 e. The van der Waals surface area contributed by atoms with Crippen molar-refractivity contribution in [1.82, 2.24) is 10.3 Å². The molecule has 1 aromatic carbocycles. The van der Waals surface area contributed by atoms with E-state index in [1.807, 2.05) is 0 Å². The van der Waals surface area contributed by atoms with E-state index in [1.54, 1.807) is 51.8 Å². The Morgan fingerprint density at radius 1 is 1.00 bits per heavy atom. The Hall–Kier alpha value is -2.96. The van der Waals surface area contributed by atoms with E-state index in [-0.39, 0.29) is 11.9 Å². The molecular formula is C21H27N3O4. The molecule has 7 nitrogen and oxygen atoms in total. The normalized spacial score (nSPS) is 14.2. The molecule has 1 amide bonds. The Labute approximate surface area is 165 Å². The number of rotatable bonds is 7. The predicted octanol–water partition coefficient (Wildman–Crippen LogP) is 3.91. The van der Waals surface area contributed by atoms with Gasteiger partial charge in [0.25, 0.3) is 5.91 Å². The lowest BCUT2D eigenvalue weighted by molar-refractivity contribution is 0.0927. The number of pyridine rings is 1. The zero-order valence-corrected chi connectivity index (χ0v) is 16.6. The van der Waals surface area contributed by atoms with E-state index in [4.69, 9.17) is 14.2 Å². The second-order valence-electron chi connectivity index (χ2n) is 6.78. The maximum Gasteiger partial charge on any atom is 0.251 e. The first kappa shape index (κ1) is 19.8. The van der Waals surface area contributed by atoms with Crippen LogP contribution in [-0.4, -0.2) is 38.3 Å². The molecule has 1 aromatic heterocycles. The van der Waals surface area contributed by atoms with Gasteiger partial charge in [-0.3, -0.25) is 4.79 Å². The average molecular weight is 385 g/mol. The summed E-state index contributed by atoms with van der Waals surface area (Å²) in [5.74, 6) is 2.09. The van der Waals surface area contributed by atoms with Crippen LogP contribution in [0, 0.1) is 0 Å². The average Bonchev–Trinajstić information content (AvgIpc) is 2.73. The third kappa shape index (κ3) is 4.65. The molecule has 1 fully saturated rings. The van der Waals surface area contributed by atoms with E-state index < -0.39 is 0 Å². The number of carbonyl (C=O) groups is 1. The summed E-state index contributed by atoms with van der Waals surface area (Å²) in [5, 5.41) is 6.32. The topological polar surface area (TPSA) is 81.7 Å². The second-order valence-corrected chi connectivity index (χ2v) is 6.78. The van der Waals surface area contributed by atoms with Crippen LogP contribution in [0.4, 0.5) is 11.5 Å². The molecule has 150 valence electrons. The summed E-state index contributed by atoms with van der Waals surface area (Å²) in [7, 11) is 4.69. The quantitative estimate of drug-likeness (QED) is 0.752. The summed E-state index contributed by atoms with van der Waals surface area (Å²) >= 11 is 0. The Balaban J connectivity index is 1.76. The molecule has 7 heteroatoms. The van der Waals surface area contributed by atoms with Gasteiger partial charge in [0.1, 0.15) is 5.82 Å². The van der Waals surface area contributed by atoms with Gasteiger partial charge >= 0.3 is 0 Å². The standard InChI is InChI=1S/C21H27N3O4/c1-26-17-12-16(13-18(27-2)20(17)28-3)23-19-11-14(9-10-22-19)21(25)24-15-7-5-4-6-8-15/h9-13,15H,4-8H2,1-3H3,(H,22,23)(H,24,25). The predicted molar refractivity (Wildman–Crippen MR) is 108 cm³/mol. The monoisotopic (exact) mass is 385 g/mol. The first-order valence-corrected chi connectivity index (χ1v) is 9.48. The van der Waals surface area contributed by atoms with Crippen LogP contribution >= 0.6 is 0 Å². The molecule has 1 aliphatic rings. The van der Waals surface area contributed by atoms with Crippen LogP contribution in [0.2, 0.25) is 0 Å². The molecule has 28 heavy (non-hydrogen) atoms. The van der Waals surface area contributed by atoms with Gasteiger partial charge in [0.2, 0.25) is 5.75 Å². The SMILES string of the molecule is COc1cc(Nc2cc(C(=O)NC3CCCCC3)ccn2)cc(OC)c1OC. The van der Waals surface area contributed by atoms with E-state index in [9.17, 15) is 4.79 Å². The molecule has 0 spiro atoms. The highest BCUT2D eigenvalue weighted by Crippen LogP contribution is 2.40. The highest BCUT2D eigenvalue weighted by atomic mass is 16.5. The van der Waals surface area contributed by atoms with E-state index in [2.05, 4.69) is 15.6 Å². The number of hydrogen-bond acceptors (Lipinski definition) is 6. The van der Waals surface area contributed by atoms with E-state index in [0.717, 1.165) is 12.8 Å². The highest BCUT2D eigenvalue weighted by molar-refractivity contribution is 5.95. The molecule has 0 aliphatic heterocycles. The molecule has 2 aromatic rings. The number of hydrogen-bond donors (Lipinski definition) is 2. The lowest BCUT2D eigenvalue weighted by atomic mass is 9.95. The van der Waals surface area contributed by atoms with Gasteiger partial charge in [0.15, 0.2) is 11.5 Å². The van der Waals surface area contributed by atoms with E-state index in [1.165, 1.54) is 19.3 Å². The molecule has 0 saturated heterocycles. The number of carbonyl (C=O) groups excluding carboxylic acids is 1. The molecule has 0 unspecified atom stereocenters. The first-order valence-electron chi connectivity index (χ1n) is 9.48. The van der Waals surface area contributed by atoms with Gasteiger partial charge in [-0.1, -0.05) is 19.3 Å². The van der Waals surface area contributed by atoms with Crippen LogP contribution in [-0.2, 0) is 0 Å². The van der Waals surface area contributed by atoms with Crippen molar-refractivity contribution in [2.75, 3.05) is 26.6 Å². The van der Waals surface area contributed by atoms with Crippen LogP contribution < -0.4 is 24.8 Å². The van der Waals surface area contributed by atoms with Crippen LogP contribution in [0.1, 0.15) is 42.5 Å². The number of amides is 1. The molecule has 0 atom stereocenters. The fourth-order valence-electron chi connectivity index (χ4n) is 3.46. The summed E-state index contributed by atoms with van der Waals surface area (Å²) in [6.45, 7) is 0. The highest BCUT2D eigenvalue weighted by Gasteiger charge is 2.17. The van der Waals surface area contributed by atoms with Gasteiger partial charge < -0.3 is 24.8 Å². The summed E-state index contributed by atoms with van der Waals surface area (Å²) in [4.78, 5) is 16.9. The van der Waals surface area contributed by atoms with Crippen molar-refractivity contribution in [3.63, 3.8) is 0 Å². The summed E-state index contributed by atoms with van der Waals surface area (Å²) in [6.07, 6.45) is 7.33. The van der Waals surface area contributed by atoms with Gasteiger partial charge in [-0.05, 0) is 25.0 Å². The minimum absolute atomic E-state index is 0.0674. The Morgan fingerprint density at radius 2 is 1.68 bits per heavy atom. The second kappa shape index (κ2) is 9.30. The van der Waals surface area contributed by atoms with Crippen molar-refractivity contribution < 1.29 is 19.0 Å². The largest absolute Gasteiger partial charge is 0.493 e. The van der Waals surface area contributed by atoms with Gasteiger partial charge in [0.05, 0.1) is 21.3 Å².